The van der Waals surface area contributed by atoms with Crippen LogP contribution in [0.4, 0.5) is 4.39 Å². The summed E-state index contributed by atoms with van der Waals surface area (Å²) >= 11 is 0. The first-order chi connectivity index (χ1) is 9.67. The van der Waals surface area contributed by atoms with Crippen molar-refractivity contribution < 1.29 is 4.39 Å². The molecule has 1 aliphatic rings. The Kier molecular flexibility index (Phi) is 3.53. The largest absolute Gasteiger partial charge is 0.310 e. The van der Waals surface area contributed by atoms with Gasteiger partial charge in [0, 0.05) is 5.92 Å². The third-order valence-corrected chi connectivity index (χ3v) is 4.11. The van der Waals surface area contributed by atoms with Crippen LogP contribution in [-0.4, -0.2) is 34.5 Å². The van der Waals surface area contributed by atoms with E-state index in [9.17, 15) is 9.18 Å². The Labute approximate surface area is 116 Å². The molecule has 1 aromatic heterocycles. The van der Waals surface area contributed by atoms with E-state index in [1.807, 2.05) is 0 Å². The van der Waals surface area contributed by atoms with Gasteiger partial charge in [-0.1, -0.05) is 6.92 Å². The van der Waals surface area contributed by atoms with E-state index in [0.29, 0.717) is 16.8 Å². The second-order valence-electron chi connectivity index (χ2n) is 5.32. The van der Waals surface area contributed by atoms with Gasteiger partial charge in [0.15, 0.2) is 0 Å². The SMILES string of the molecule is CCN1CCC(c2nc3ccc(F)cc3c(=O)[nH]2)CC1. The Hall–Kier alpha value is -1.75. The molecule has 0 amide bonds. The summed E-state index contributed by atoms with van der Waals surface area (Å²) in [7, 11) is 0. The molecule has 0 atom stereocenters. The zero-order valence-corrected chi connectivity index (χ0v) is 11.5. The number of aromatic amines is 1. The van der Waals surface area contributed by atoms with E-state index in [1.54, 1.807) is 6.07 Å². The van der Waals surface area contributed by atoms with Gasteiger partial charge in [-0.15, -0.1) is 0 Å². The number of fused-ring (bicyclic) bond motifs is 1. The topological polar surface area (TPSA) is 49.0 Å². The van der Waals surface area contributed by atoms with Crippen molar-refractivity contribution in [3.8, 4) is 0 Å². The van der Waals surface area contributed by atoms with Crippen molar-refractivity contribution in [3.05, 3.63) is 40.2 Å². The number of H-pyrrole nitrogens is 1. The number of nitrogens with one attached hydrogen (secondary N) is 1. The van der Waals surface area contributed by atoms with Crippen molar-refractivity contribution in [2.75, 3.05) is 19.6 Å². The standard InChI is InChI=1S/C15H18FN3O/c1-2-19-7-5-10(6-8-19)14-17-13-4-3-11(16)9-12(13)15(20)18-14/h3-4,9-10H,2,5-8H2,1H3,(H,17,18,20). The van der Waals surface area contributed by atoms with Crippen LogP contribution in [-0.2, 0) is 0 Å². The van der Waals surface area contributed by atoms with Crippen molar-refractivity contribution >= 4 is 10.9 Å². The molecule has 20 heavy (non-hydrogen) atoms. The van der Waals surface area contributed by atoms with Crippen LogP contribution in [0, 0.1) is 5.82 Å². The van der Waals surface area contributed by atoms with Crippen LogP contribution in [0.5, 0.6) is 0 Å². The molecule has 0 spiro atoms. The van der Waals surface area contributed by atoms with Gasteiger partial charge in [-0.2, -0.15) is 0 Å². The lowest BCUT2D eigenvalue weighted by Gasteiger charge is -2.30. The average molecular weight is 275 g/mol. The number of halogens is 1. The fourth-order valence-electron chi connectivity index (χ4n) is 2.84. The Balaban J connectivity index is 1.93. The van der Waals surface area contributed by atoms with E-state index in [1.165, 1.54) is 12.1 Å². The van der Waals surface area contributed by atoms with Gasteiger partial charge < -0.3 is 9.88 Å². The first kappa shape index (κ1) is 13.2. The highest BCUT2D eigenvalue weighted by Crippen LogP contribution is 2.25. The third kappa shape index (κ3) is 2.45. The van der Waals surface area contributed by atoms with Crippen LogP contribution in [0.2, 0.25) is 0 Å². The molecule has 1 aromatic carbocycles. The molecule has 0 radical (unpaired) electrons. The quantitative estimate of drug-likeness (QED) is 0.914. The second kappa shape index (κ2) is 5.32. The minimum absolute atomic E-state index is 0.248. The summed E-state index contributed by atoms with van der Waals surface area (Å²) in [5.74, 6) is 0.624. The zero-order chi connectivity index (χ0) is 14.1. The molecule has 1 fully saturated rings. The summed E-state index contributed by atoms with van der Waals surface area (Å²) in [5.41, 5.74) is 0.325. The van der Waals surface area contributed by atoms with Crippen molar-refractivity contribution in [2.24, 2.45) is 0 Å². The van der Waals surface area contributed by atoms with E-state index in [-0.39, 0.29) is 5.56 Å². The van der Waals surface area contributed by atoms with Gasteiger partial charge in [-0.3, -0.25) is 4.79 Å². The van der Waals surface area contributed by atoms with Gasteiger partial charge in [0.05, 0.1) is 10.9 Å². The Bertz CT molecular complexity index is 674. The first-order valence-electron chi connectivity index (χ1n) is 7.09. The maximum Gasteiger partial charge on any atom is 0.258 e. The fraction of sp³-hybridized carbons (Fsp3) is 0.467. The average Bonchev–Trinajstić information content (AvgIpc) is 2.48. The number of aromatic nitrogens is 2. The van der Waals surface area contributed by atoms with Crippen LogP contribution < -0.4 is 5.56 Å². The molecule has 2 heterocycles. The van der Waals surface area contributed by atoms with E-state index in [4.69, 9.17) is 0 Å². The van der Waals surface area contributed by atoms with Gasteiger partial charge in [0.25, 0.3) is 5.56 Å². The molecule has 0 aliphatic carbocycles. The predicted molar refractivity (Wildman–Crippen MR) is 76.4 cm³/mol. The highest BCUT2D eigenvalue weighted by atomic mass is 19.1. The van der Waals surface area contributed by atoms with Gasteiger partial charge >= 0.3 is 0 Å². The van der Waals surface area contributed by atoms with Crippen molar-refractivity contribution in [1.82, 2.24) is 14.9 Å². The van der Waals surface area contributed by atoms with Crippen LogP contribution in [0.3, 0.4) is 0 Å². The summed E-state index contributed by atoms with van der Waals surface area (Å²) in [6.07, 6.45) is 2.01. The van der Waals surface area contributed by atoms with E-state index in [0.717, 1.165) is 38.3 Å². The maximum absolute atomic E-state index is 13.2. The summed E-state index contributed by atoms with van der Waals surface area (Å²) in [6.45, 7) is 5.29. The lowest BCUT2D eigenvalue weighted by molar-refractivity contribution is 0.219. The second-order valence-corrected chi connectivity index (χ2v) is 5.32. The molecular weight excluding hydrogens is 257 g/mol. The molecular formula is C15H18FN3O. The van der Waals surface area contributed by atoms with E-state index in [2.05, 4.69) is 21.8 Å². The molecule has 0 bridgehead atoms. The van der Waals surface area contributed by atoms with Gasteiger partial charge in [-0.25, -0.2) is 9.37 Å². The van der Waals surface area contributed by atoms with E-state index >= 15 is 0 Å². The number of hydrogen-bond donors (Lipinski definition) is 1. The monoisotopic (exact) mass is 275 g/mol. The van der Waals surface area contributed by atoms with E-state index < -0.39 is 5.82 Å². The van der Waals surface area contributed by atoms with Crippen LogP contribution in [0.15, 0.2) is 23.0 Å². The van der Waals surface area contributed by atoms with Gasteiger partial charge in [0.2, 0.25) is 0 Å². The smallest absolute Gasteiger partial charge is 0.258 e. The lowest BCUT2D eigenvalue weighted by atomic mass is 9.96. The highest BCUT2D eigenvalue weighted by Gasteiger charge is 2.22. The molecule has 5 heteroatoms. The summed E-state index contributed by atoms with van der Waals surface area (Å²) in [4.78, 5) is 21.8. The predicted octanol–water partition coefficient (Wildman–Crippen LogP) is 2.26. The number of benzene rings is 1. The van der Waals surface area contributed by atoms with Gasteiger partial charge in [0.1, 0.15) is 11.6 Å². The van der Waals surface area contributed by atoms with Crippen molar-refractivity contribution in [2.45, 2.75) is 25.7 Å². The maximum atomic E-state index is 13.2. The number of rotatable bonds is 2. The van der Waals surface area contributed by atoms with Crippen LogP contribution >= 0.6 is 0 Å². The molecule has 4 nitrogen and oxygen atoms in total. The Morgan fingerprint density at radius 1 is 1.40 bits per heavy atom. The number of hydrogen-bond acceptors (Lipinski definition) is 3. The number of piperidine rings is 1. The number of likely N-dealkylation sites (tertiary alicyclic amines) is 1. The lowest BCUT2D eigenvalue weighted by Crippen LogP contribution is -2.33. The number of nitrogens with zero attached hydrogens (tertiary/aromatic N) is 2. The molecule has 1 N–H and O–H groups in total. The molecule has 0 unspecified atom stereocenters. The normalized spacial score (nSPS) is 17.7. The molecule has 1 aliphatic heterocycles. The van der Waals surface area contributed by atoms with Gasteiger partial charge in [-0.05, 0) is 50.7 Å². The van der Waals surface area contributed by atoms with Crippen LogP contribution in [0.1, 0.15) is 31.5 Å². The summed E-state index contributed by atoms with van der Waals surface area (Å²) in [5, 5.41) is 0.319. The molecule has 0 saturated carbocycles. The Morgan fingerprint density at radius 2 is 2.15 bits per heavy atom. The molecule has 1 saturated heterocycles. The summed E-state index contributed by atoms with van der Waals surface area (Å²) < 4.78 is 13.2. The molecule has 106 valence electrons. The fourth-order valence-corrected chi connectivity index (χ4v) is 2.84. The van der Waals surface area contributed by atoms with Crippen LogP contribution in [0.25, 0.3) is 10.9 Å². The Morgan fingerprint density at radius 3 is 2.85 bits per heavy atom. The molecule has 3 rings (SSSR count). The van der Waals surface area contributed by atoms with Crippen molar-refractivity contribution in [3.63, 3.8) is 0 Å². The highest BCUT2D eigenvalue weighted by molar-refractivity contribution is 5.77. The first-order valence-corrected chi connectivity index (χ1v) is 7.09. The third-order valence-electron chi connectivity index (χ3n) is 4.11. The minimum atomic E-state index is -0.409. The zero-order valence-electron chi connectivity index (χ0n) is 11.5. The molecule has 2 aromatic rings. The summed E-state index contributed by atoms with van der Waals surface area (Å²) in [6, 6.07) is 4.16. The minimum Gasteiger partial charge on any atom is -0.310 e. The van der Waals surface area contributed by atoms with Crippen molar-refractivity contribution in [1.29, 1.82) is 0 Å².